The van der Waals surface area contributed by atoms with Gasteiger partial charge < -0.3 is 5.11 Å². The summed E-state index contributed by atoms with van der Waals surface area (Å²) in [5.41, 5.74) is 1.56. The normalized spacial score (nSPS) is 8.77. The third-order valence-corrected chi connectivity index (χ3v) is 1.74. The molecular formula is C10H7ClO2. The van der Waals surface area contributed by atoms with Gasteiger partial charge in [-0.25, -0.2) is 4.79 Å². The molecule has 1 rings (SSSR count). The van der Waals surface area contributed by atoms with Crippen LogP contribution in [0.5, 0.6) is 0 Å². The average Bonchev–Trinajstić information content (AvgIpc) is 2.02. The lowest BCUT2D eigenvalue weighted by Crippen LogP contribution is -1.87. The highest BCUT2D eigenvalue weighted by Gasteiger charge is 1.96. The smallest absolute Gasteiger partial charge is 0.382 e. The van der Waals surface area contributed by atoms with Crippen LogP contribution in [0.3, 0.4) is 0 Å². The number of benzene rings is 1. The summed E-state index contributed by atoms with van der Waals surface area (Å²) < 4.78 is 0. The van der Waals surface area contributed by atoms with E-state index in [0.29, 0.717) is 10.6 Å². The van der Waals surface area contributed by atoms with E-state index in [4.69, 9.17) is 16.7 Å². The Morgan fingerprint density at radius 1 is 1.54 bits per heavy atom. The summed E-state index contributed by atoms with van der Waals surface area (Å²) in [5, 5.41) is 8.78. The van der Waals surface area contributed by atoms with E-state index in [9.17, 15) is 4.79 Å². The molecule has 0 radical (unpaired) electrons. The third kappa shape index (κ3) is 2.81. The van der Waals surface area contributed by atoms with Crippen LogP contribution in [-0.4, -0.2) is 11.1 Å². The van der Waals surface area contributed by atoms with Gasteiger partial charge in [0.2, 0.25) is 0 Å². The van der Waals surface area contributed by atoms with Crippen LogP contribution in [-0.2, 0) is 4.79 Å². The van der Waals surface area contributed by atoms with Gasteiger partial charge in [-0.05, 0) is 24.6 Å². The molecule has 0 bridgehead atoms. The first kappa shape index (κ1) is 9.63. The number of aryl methyl sites for hydroxylation is 1. The first-order valence-corrected chi connectivity index (χ1v) is 3.98. The van der Waals surface area contributed by atoms with Gasteiger partial charge in [0.25, 0.3) is 0 Å². The standard InChI is InChI=1S/C10H7ClO2/c1-7-2-3-8(9(11)6-7)4-5-10(12)13/h2-3,6H,1H3,(H,12,13). The Labute approximate surface area is 81.1 Å². The third-order valence-electron chi connectivity index (χ3n) is 1.43. The number of aliphatic carboxylic acids is 1. The van der Waals surface area contributed by atoms with E-state index < -0.39 is 5.97 Å². The first-order chi connectivity index (χ1) is 6.09. The van der Waals surface area contributed by atoms with Crippen molar-refractivity contribution in [2.45, 2.75) is 6.92 Å². The van der Waals surface area contributed by atoms with Crippen LogP contribution in [0.2, 0.25) is 5.02 Å². The molecule has 1 N–H and O–H groups in total. The summed E-state index contributed by atoms with van der Waals surface area (Å²) in [5.74, 6) is 3.31. The van der Waals surface area contributed by atoms with E-state index in [2.05, 4.69) is 5.92 Å². The Hall–Kier alpha value is -1.46. The second kappa shape index (κ2) is 3.97. The van der Waals surface area contributed by atoms with Crippen molar-refractivity contribution >= 4 is 17.6 Å². The van der Waals surface area contributed by atoms with E-state index in [1.807, 2.05) is 18.9 Å². The van der Waals surface area contributed by atoms with E-state index in [1.165, 1.54) is 0 Å². The van der Waals surface area contributed by atoms with Gasteiger partial charge in [0.15, 0.2) is 0 Å². The lowest BCUT2D eigenvalue weighted by molar-refractivity contribution is -0.130. The van der Waals surface area contributed by atoms with Crippen LogP contribution in [0.1, 0.15) is 11.1 Å². The molecule has 0 saturated heterocycles. The molecule has 3 heteroatoms. The van der Waals surface area contributed by atoms with E-state index in [0.717, 1.165) is 5.56 Å². The van der Waals surface area contributed by atoms with Crippen LogP contribution in [0.4, 0.5) is 0 Å². The summed E-state index contributed by atoms with van der Waals surface area (Å²) in [6.45, 7) is 1.90. The molecule has 0 heterocycles. The lowest BCUT2D eigenvalue weighted by atomic mass is 10.1. The maximum Gasteiger partial charge on any atom is 0.382 e. The van der Waals surface area contributed by atoms with Crippen molar-refractivity contribution in [2.24, 2.45) is 0 Å². The molecule has 0 aliphatic heterocycles. The van der Waals surface area contributed by atoms with Gasteiger partial charge in [-0.1, -0.05) is 23.6 Å². The minimum absolute atomic E-state index is 0.480. The van der Waals surface area contributed by atoms with Crippen LogP contribution >= 0.6 is 11.6 Å². The van der Waals surface area contributed by atoms with Gasteiger partial charge >= 0.3 is 5.97 Å². The van der Waals surface area contributed by atoms with Crippen LogP contribution in [0.15, 0.2) is 18.2 Å². The van der Waals surface area contributed by atoms with Crippen LogP contribution in [0, 0.1) is 18.8 Å². The molecule has 0 aromatic heterocycles. The maximum atomic E-state index is 10.1. The molecule has 13 heavy (non-hydrogen) atoms. The molecular weight excluding hydrogens is 188 g/mol. The number of carboxylic acids is 1. The van der Waals surface area contributed by atoms with Gasteiger partial charge in [0, 0.05) is 11.5 Å². The van der Waals surface area contributed by atoms with Gasteiger partial charge in [0.1, 0.15) is 0 Å². The molecule has 0 unspecified atom stereocenters. The fourth-order valence-corrected chi connectivity index (χ4v) is 1.12. The molecule has 0 saturated carbocycles. The highest BCUT2D eigenvalue weighted by atomic mass is 35.5. The van der Waals surface area contributed by atoms with Gasteiger partial charge in [-0.3, -0.25) is 0 Å². The lowest BCUT2D eigenvalue weighted by Gasteiger charge is -1.96. The van der Waals surface area contributed by atoms with Crippen molar-refractivity contribution in [3.63, 3.8) is 0 Å². The molecule has 66 valence electrons. The summed E-state index contributed by atoms with van der Waals surface area (Å²) in [6.07, 6.45) is 0. The second-order valence-electron chi connectivity index (χ2n) is 2.54. The number of carboxylic acid groups (broad SMARTS) is 1. The zero-order chi connectivity index (χ0) is 9.84. The van der Waals surface area contributed by atoms with Crippen LogP contribution in [0.25, 0.3) is 0 Å². The minimum Gasteiger partial charge on any atom is -0.472 e. The molecule has 1 aromatic carbocycles. The van der Waals surface area contributed by atoms with E-state index in [-0.39, 0.29) is 0 Å². The number of carbonyl (C=O) groups is 1. The van der Waals surface area contributed by atoms with Gasteiger partial charge in [0.05, 0.1) is 5.02 Å². The van der Waals surface area contributed by atoms with Crippen molar-refractivity contribution in [1.29, 1.82) is 0 Å². The Morgan fingerprint density at radius 2 is 2.23 bits per heavy atom. The molecule has 0 amide bonds. The Morgan fingerprint density at radius 3 is 2.77 bits per heavy atom. The van der Waals surface area contributed by atoms with Crippen LogP contribution < -0.4 is 0 Å². The van der Waals surface area contributed by atoms with E-state index >= 15 is 0 Å². The molecule has 0 aliphatic carbocycles. The number of hydrogen-bond acceptors (Lipinski definition) is 1. The number of halogens is 1. The zero-order valence-corrected chi connectivity index (χ0v) is 7.72. The average molecular weight is 195 g/mol. The fraction of sp³-hybridized carbons (Fsp3) is 0.100. The molecule has 2 nitrogen and oxygen atoms in total. The summed E-state index contributed by atoms with van der Waals surface area (Å²) in [4.78, 5) is 10.1. The minimum atomic E-state index is -1.16. The van der Waals surface area contributed by atoms with Crippen molar-refractivity contribution in [2.75, 3.05) is 0 Å². The Bertz CT molecular complexity index is 399. The quantitative estimate of drug-likeness (QED) is 0.642. The zero-order valence-electron chi connectivity index (χ0n) is 6.97. The highest BCUT2D eigenvalue weighted by Crippen LogP contribution is 2.15. The largest absolute Gasteiger partial charge is 0.472 e. The van der Waals surface area contributed by atoms with Crippen molar-refractivity contribution in [1.82, 2.24) is 0 Å². The summed E-state index contributed by atoms with van der Waals surface area (Å²) >= 11 is 5.82. The SMILES string of the molecule is Cc1ccc(C#CC(=O)O)c(Cl)c1. The van der Waals surface area contributed by atoms with Crippen molar-refractivity contribution in [3.05, 3.63) is 34.3 Å². The highest BCUT2D eigenvalue weighted by molar-refractivity contribution is 6.31. The molecule has 0 atom stereocenters. The van der Waals surface area contributed by atoms with Crippen molar-refractivity contribution < 1.29 is 9.90 Å². The predicted molar refractivity (Wildman–Crippen MR) is 50.7 cm³/mol. The van der Waals surface area contributed by atoms with E-state index in [1.54, 1.807) is 12.1 Å². The topological polar surface area (TPSA) is 37.3 Å². The molecule has 0 aliphatic rings. The predicted octanol–water partition coefficient (Wildman–Crippen LogP) is 2.08. The molecule has 0 fully saturated rings. The van der Waals surface area contributed by atoms with Gasteiger partial charge in [-0.15, -0.1) is 0 Å². The number of rotatable bonds is 0. The Kier molecular flexibility index (Phi) is 2.94. The monoisotopic (exact) mass is 194 g/mol. The first-order valence-electron chi connectivity index (χ1n) is 3.60. The number of hydrogen-bond donors (Lipinski definition) is 1. The summed E-state index contributed by atoms with van der Waals surface area (Å²) in [7, 11) is 0. The Balaban J connectivity index is 3.05. The fourth-order valence-electron chi connectivity index (χ4n) is 0.842. The molecule has 1 aromatic rings. The molecule has 0 spiro atoms. The maximum absolute atomic E-state index is 10.1. The second-order valence-corrected chi connectivity index (χ2v) is 2.95. The summed E-state index contributed by atoms with van der Waals surface area (Å²) in [6, 6.07) is 5.28. The van der Waals surface area contributed by atoms with Gasteiger partial charge in [-0.2, -0.15) is 0 Å². The van der Waals surface area contributed by atoms with Crippen molar-refractivity contribution in [3.8, 4) is 11.8 Å².